The number of halogens is 2. The number of ether oxygens (including phenoxy) is 1. The molecule has 0 saturated carbocycles. The first-order valence-corrected chi connectivity index (χ1v) is 9.03. The van der Waals surface area contributed by atoms with Gasteiger partial charge in [0.2, 0.25) is 0 Å². The van der Waals surface area contributed by atoms with Crippen molar-refractivity contribution in [2.45, 2.75) is 0 Å². The summed E-state index contributed by atoms with van der Waals surface area (Å²) in [5, 5.41) is 5.35. The fourth-order valence-electron chi connectivity index (χ4n) is 2.80. The third-order valence-electron chi connectivity index (χ3n) is 4.11. The number of nitrogens with zero attached hydrogens (tertiary/aromatic N) is 2. The summed E-state index contributed by atoms with van der Waals surface area (Å²) in [6.07, 6.45) is 0. The van der Waals surface area contributed by atoms with E-state index in [-0.39, 0.29) is 0 Å². The van der Waals surface area contributed by atoms with Crippen molar-refractivity contribution in [3.63, 3.8) is 0 Å². The minimum absolute atomic E-state index is 0.505. The molecule has 6 heteroatoms. The first-order valence-electron chi connectivity index (χ1n) is 8.27. The molecule has 0 atom stereocenters. The molecule has 4 nitrogen and oxygen atoms in total. The van der Waals surface area contributed by atoms with Gasteiger partial charge in [0.25, 0.3) is 0 Å². The Morgan fingerprint density at radius 3 is 2.56 bits per heavy atom. The summed E-state index contributed by atoms with van der Waals surface area (Å²) in [5.74, 6) is 1.98. The third-order valence-corrected chi connectivity index (χ3v) is 4.66. The number of fused-ring (bicyclic) bond motifs is 1. The Hall–Kier alpha value is -2.82. The van der Waals surface area contributed by atoms with Gasteiger partial charge in [0, 0.05) is 27.7 Å². The normalized spacial score (nSPS) is 10.8. The lowest BCUT2D eigenvalue weighted by atomic mass is 10.1. The van der Waals surface area contributed by atoms with Gasteiger partial charge in [0.15, 0.2) is 5.82 Å². The first-order chi connectivity index (χ1) is 13.1. The zero-order valence-corrected chi connectivity index (χ0v) is 15.9. The van der Waals surface area contributed by atoms with E-state index < -0.39 is 0 Å². The van der Waals surface area contributed by atoms with Crippen molar-refractivity contribution >= 4 is 45.6 Å². The van der Waals surface area contributed by atoms with Crippen molar-refractivity contribution in [3.8, 4) is 17.1 Å². The summed E-state index contributed by atoms with van der Waals surface area (Å²) in [4.78, 5) is 9.39. The molecule has 27 heavy (non-hydrogen) atoms. The SMILES string of the molecule is COc1cccc(Nc2nc(-c3ccc(Cl)cc3Cl)nc3ccccc23)c1. The van der Waals surface area contributed by atoms with Crippen molar-refractivity contribution in [2.24, 2.45) is 0 Å². The highest BCUT2D eigenvalue weighted by atomic mass is 35.5. The number of hydrogen-bond acceptors (Lipinski definition) is 4. The molecule has 134 valence electrons. The minimum Gasteiger partial charge on any atom is -0.497 e. The molecule has 0 unspecified atom stereocenters. The van der Waals surface area contributed by atoms with Crippen LogP contribution in [0.1, 0.15) is 0 Å². The van der Waals surface area contributed by atoms with E-state index in [9.17, 15) is 0 Å². The van der Waals surface area contributed by atoms with Crippen LogP contribution in [0.3, 0.4) is 0 Å². The third kappa shape index (κ3) is 3.68. The topological polar surface area (TPSA) is 47.0 Å². The molecule has 4 rings (SSSR count). The highest BCUT2D eigenvalue weighted by Gasteiger charge is 2.12. The van der Waals surface area contributed by atoms with Crippen molar-refractivity contribution < 1.29 is 4.74 Å². The molecule has 1 N–H and O–H groups in total. The lowest BCUT2D eigenvalue weighted by molar-refractivity contribution is 0.415. The lowest BCUT2D eigenvalue weighted by Gasteiger charge is -2.12. The van der Waals surface area contributed by atoms with Gasteiger partial charge in [0.1, 0.15) is 11.6 Å². The molecule has 0 saturated heterocycles. The van der Waals surface area contributed by atoms with Gasteiger partial charge in [-0.1, -0.05) is 41.4 Å². The van der Waals surface area contributed by atoms with E-state index in [2.05, 4.69) is 10.3 Å². The number of anilines is 2. The van der Waals surface area contributed by atoms with Crippen LogP contribution in [0.25, 0.3) is 22.3 Å². The molecule has 0 radical (unpaired) electrons. The van der Waals surface area contributed by atoms with Gasteiger partial charge in [-0.25, -0.2) is 9.97 Å². The van der Waals surface area contributed by atoms with Crippen molar-refractivity contribution in [1.82, 2.24) is 9.97 Å². The fourth-order valence-corrected chi connectivity index (χ4v) is 3.29. The molecule has 0 spiro atoms. The Kier molecular flexibility index (Phi) is 4.84. The molecule has 0 fully saturated rings. The quantitative estimate of drug-likeness (QED) is 0.436. The van der Waals surface area contributed by atoms with Gasteiger partial charge < -0.3 is 10.1 Å². The van der Waals surface area contributed by atoms with E-state index in [1.165, 1.54) is 0 Å². The number of methoxy groups -OCH3 is 1. The second-order valence-electron chi connectivity index (χ2n) is 5.89. The summed E-state index contributed by atoms with van der Waals surface area (Å²) in [5.41, 5.74) is 2.41. The average molecular weight is 396 g/mol. The maximum absolute atomic E-state index is 6.37. The summed E-state index contributed by atoms with van der Waals surface area (Å²) in [7, 11) is 1.64. The smallest absolute Gasteiger partial charge is 0.163 e. The minimum atomic E-state index is 0.505. The Labute approximate surface area is 166 Å². The molecule has 1 heterocycles. The number of para-hydroxylation sites is 1. The summed E-state index contributed by atoms with van der Waals surface area (Å²) >= 11 is 12.4. The molecular formula is C21H15Cl2N3O. The average Bonchev–Trinajstić information content (AvgIpc) is 2.68. The predicted octanol–water partition coefficient (Wildman–Crippen LogP) is 6.36. The zero-order chi connectivity index (χ0) is 18.8. The van der Waals surface area contributed by atoms with E-state index in [0.29, 0.717) is 21.7 Å². The maximum Gasteiger partial charge on any atom is 0.163 e. The monoisotopic (exact) mass is 395 g/mol. The van der Waals surface area contributed by atoms with Crippen LogP contribution in [0.5, 0.6) is 5.75 Å². The van der Waals surface area contributed by atoms with Crippen molar-refractivity contribution in [3.05, 3.63) is 76.8 Å². The number of benzene rings is 3. The molecular weight excluding hydrogens is 381 g/mol. The van der Waals surface area contributed by atoms with Crippen LogP contribution in [-0.4, -0.2) is 17.1 Å². The van der Waals surface area contributed by atoms with E-state index in [0.717, 1.165) is 27.9 Å². The summed E-state index contributed by atoms with van der Waals surface area (Å²) < 4.78 is 5.30. The van der Waals surface area contributed by atoms with E-state index in [1.807, 2.05) is 54.6 Å². The highest BCUT2D eigenvalue weighted by Crippen LogP contribution is 2.32. The van der Waals surface area contributed by atoms with Gasteiger partial charge in [-0.3, -0.25) is 0 Å². The van der Waals surface area contributed by atoms with Gasteiger partial charge in [0.05, 0.1) is 17.6 Å². The number of nitrogens with one attached hydrogen (secondary N) is 1. The standard InChI is InChI=1S/C21H15Cl2N3O/c1-27-15-6-4-5-14(12-15)24-21-17-7-2-3-8-19(17)25-20(26-21)16-10-9-13(22)11-18(16)23/h2-12H,1H3,(H,24,25,26). The summed E-state index contributed by atoms with van der Waals surface area (Å²) in [6.45, 7) is 0. The van der Waals surface area contributed by atoms with Crippen LogP contribution >= 0.6 is 23.2 Å². The van der Waals surface area contributed by atoms with Gasteiger partial charge >= 0.3 is 0 Å². The molecule has 1 aromatic heterocycles. The predicted molar refractivity (Wildman–Crippen MR) is 111 cm³/mol. The van der Waals surface area contributed by atoms with Gasteiger partial charge in [-0.05, 0) is 42.5 Å². The van der Waals surface area contributed by atoms with Crippen molar-refractivity contribution in [2.75, 3.05) is 12.4 Å². The number of aromatic nitrogens is 2. The Morgan fingerprint density at radius 2 is 1.74 bits per heavy atom. The van der Waals surface area contributed by atoms with E-state index in [1.54, 1.807) is 19.2 Å². The fraction of sp³-hybridized carbons (Fsp3) is 0.0476. The molecule has 0 aliphatic rings. The largest absolute Gasteiger partial charge is 0.497 e. The van der Waals surface area contributed by atoms with Crippen LogP contribution in [0.15, 0.2) is 66.7 Å². The summed E-state index contributed by atoms with van der Waals surface area (Å²) in [6, 6.07) is 20.8. The molecule has 3 aromatic carbocycles. The first kappa shape index (κ1) is 17.6. The molecule has 0 aliphatic carbocycles. The van der Waals surface area contributed by atoms with Crippen LogP contribution in [-0.2, 0) is 0 Å². The van der Waals surface area contributed by atoms with E-state index in [4.69, 9.17) is 32.9 Å². The lowest BCUT2D eigenvalue weighted by Crippen LogP contribution is -2.00. The number of hydrogen-bond donors (Lipinski definition) is 1. The molecule has 0 bridgehead atoms. The van der Waals surface area contributed by atoms with Gasteiger partial charge in [-0.15, -0.1) is 0 Å². The molecule has 0 amide bonds. The second-order valence-corrected chi connectivity index (χ2v) is 6.74. The van der Waals surface area contributed by atoms with Crippen LogP contribution in [0, 0.1) is 0 Å². The Balaban J connectivity index is 1.85. The maximum atomic E-state index is 6.37. The van der Waals surface area contributed by atoms with Crippen LogP contribution < -0.4 is 10.1 Å². The van der Waals surface area contributed by atoms with Crippen molar-refractivity contribution in [1.29, 1.82) is 0 Å². The number of rotatable bonds is 4. The molecule has 4 aromatic rings. The Morgan fingerprint density at radius 1 is 0.889 bits per heavy atom. The van der Waals surface area contributed by atoms with Crippen LogP contribution in [0.2, 0.25) is 10.0 Å². The van der Waals surface area contributed by atoms with Gasteiger partial charge in [-0.2, -0.15) is 0 Å². The zero-order valence-electron chi connectivity index (χ0n) is 14.4. The van der Waals surface area contributed by atoms with E-state index >= 15 is 0 Å². The highest BCUT2D eigenvalue weighted by molar-refractivity contribution is 6.36. The second kappa shape index (κ2) is 7.43. The Bertz CT molecular complexity index is 1130. The molecule has 0 aliphatic heterocycles. The van der Waals surface area contributed by atoms with Crippen LogP contribution in [0.4, 0.5) is 11.5 Å².